The summed E-state index contributed by atoms with van der Waals surface area (Å²) in [6, 6.07) is 5.15. The fraction of sp³-hybridized carbons (Fsp3) is 0.533. The van der Waals surface area contributed by atoms with Crippen LogP contribution in [0.3, 0.4) is 0 Å². The van der Waals surface area contributed by atoms with E-state index in [4.69, 9.17) is 0 Å². The highest BCUT2D eigenvalue weighted by atomic mass is 32.1. The molecule has 2 fully saturated rings. The maximum absolute atomic E-state index is 4.46. The second-order valence-corrected chi connectivity index (χ2v) is 6.48. The Balaban J connectivity index is 1.76. The van der Waals surface area contributed by atoms with Gasteiger partial charge in [0.1, 0.15) is 0 Å². The summed E-state index contributed by atoms with van der Waals surface area (Å²) in [5, 5.41) is 2.16. The Morgan fingerprint density at radius 3 is 3.11 bits per heavy atom. The average molecular weight is 258 g/mol. The molecule has 0 N–H and O–H groups in total. The van der Waals surface area contributed by atoms with Crippen LogP contribution in [0.1, 0.15) is 32.1 Å². The molecule has 94 valence electrons. The number of pyridine rings is 1. The van der Waals surface area contributed by atoms with Crippen molar-refractivity contribution >= 4 is 27.2 Å². The molecule has 1 saturated heterocycles. The highest BCUT2D eigenvalue weighted by Crippen LogP contribution is 2.41. The minimum atomic E-state index is 0.798. The van der Waals surface area contributed by atoms with Crippen LogP contribution in [0.5, 0.6) is 0 Å². The summed E-state index contributed by atoms with van der Waals surface area (Å²) in [5.41, 5.74) is 2.60. The summed E-state index contributed by atoms with van der Waals surface area (Å²) in [6.45, 7) is 1.24. The van der Waals surface area contributed by atoms with Gasteiger partial charge in [0.2, 0.25) is 0 Å². The Bertz CT molecular complexity index is 562. The number of aromatic nitrogens is 1. The van der Waals surface area contributed by atoms with Crippen LogP contribution in [0.25, 0.3) is 10.2 Å². The van der Waals surface area contributed by atoms with Gasteiger partial charge in [0.25, 0.3) is 0 Å². The highest BCUT2D eigenvalue weighted by Gasteiger charge is 2.36. The summed E-state index contributed by atoms with van der Waals surface area (Å²) in [6.07, 6.45) is 9.05. The van der Waals surface area contributed by atoms with E-state index < -0.39 is 0 Å². The van der Waals surface area contributed by atoms with E-state index in [9.17, 15) is 0 Å². The fourth-order valence-corrected chi connectivity index (χ4v) is 4.67. The number of anilines is 1. The van der Waals surface area contributed by atoms with Crippen LogP contribution in [-0.4, -0.2) is 17.6 Å². The zero-order chi connectivity index (χ0) is 11.9. The molecule has 2 aliphatic rings. The van der Waals surface area contributed by atoms with Crippen LogP contribution in [0.15, 0.2) is 23.7 Å². The summed E-state index contributed by atoms with van der Waals surface area (Å²) in [5.74, 6) is 0.946. The van der Waals surface area contributed by atoms with E-state index in [1.54, 1.807) is 0 Å². The van der Waals surface area contributed by atoms with E-state index in [1.165, 1.54) is 49.0 Å². The number of hydrogen-bond donors (Lipinski definition) is 0. The predicted octanol–water partition coefficient (Wildman–Crippen LogP) is 4.07. The molecule has 2 atom stereocenters. The zero-order valence-electron chi connectivity index (χ0n) is 10.5. The topological polar surface area (TPSA) is 16.1 Å². The monoisotopic (exact) mass is 258 g/mol. The maximum Gasteiger partial charge on any atom is 0.0830 e. The molecule has 3 heterocycles. The van der Waals surface area contributed by atoms with Gasteiger partial charge in [-0.2, -0.15) is 0 Å². The number of rotatable bonds is 1. The molecule has 1 saturated carbocycles. The van der Waals surface area contributed by atoms with Gasteiger partial charge in [-0.3, -0.25) is 4.98 Å². The third kappa shape index (κ3) is 1.57. The predicted molar refractivity (Wildman–Crippen MR) is 77.3 cm³/mol. The van der Waals surface area contributed by atoms with E-state index in [0.29, 0.717) is 0 Å². The smallest absolute Gasteiger partial charge is 0.0830 e. The molecule has 0 spiro atoms. The lowest BCUT2D eigenvalue weighted by molar-refractivity contribution is 0.342. The van der Waals surface area contributed by atoms with Crippen LogP contribution < -0.4 is 4.90 Å². The lowest BCUT2D eigenvalue weighted by Crippen LogP contribution is -2.34. The Morgan fingerprint density at radius 1 is 1.17 bits per heavy atom. The van der Waals surface area contributed by atoms with Crippen LogP contribution in [0, 0.1) is 5.92 Å². The van der Waals surface area contributed by atoms with Crippen molar-refractivity contribution < 1.29 is 0 Å². The average Bonchev–Trinajstić information content (AvgIpc) is 3.05. The standard InChI is InChI=1S/C15H18N2S/c1-2-4-13-11(3-1)6-9-17(13)14-5-8-16-12-7-10-18-15(12)14/h5,7-8,10-11,13H,1-4,6,9H2. The molecular formula is C15H18N2S. The first-order chi connectivity index (χ1) is 8.93. The SMILES string of the molecule is c1cc(N2CCC3CCCCC32)c2sccc2n1. The largest absolute Gasteiger partial charge is 0.367 e. The Morgan fingerprint density at radius 2 is 2.11 bits per heavy atom. The summed E-state index contributed by atoms with van der Waals surface area (Å²) >= 11 is 1.84. The van der Waals surface area contributed by atoms with Gasteiger partial charge < -0.3 is 4.90 Å². The zero-order valence-corrected chi connectivity index (χ0v) is 11.3. The fourth-order valence-electron chi connectivity index (χ4n) is 3.79. The molecule has 3 heteroatoms. The molecule has 0 amide bonds. The van der Waals surface area contributed by atoms with Gasteiger partial charge >= 0.3 is 0 Å². The minimum Gasteiger partial charge on any atom is -0.367 e. The molecule has 1 aliphatic carbocycles. The third-order valence-electron chi connectivity index (χ3n) is 4.64. The van der Waals surface area contributed by atoms with E-state index >= 15 is 0 Å². The van der Waals surface area contributed by atoms with Crippen LogP contribution in [0.2, 0.25) is 0 Å². The van der Waals surface area contributed by atoms with Crippen molar-refractivity contribution in [2.75, 3.05) is 11.4 Å². The van der Waals surface area contributed by atoms with E-state index in [-0.39, 0.29) is 0 Å². The summed E-state index contributed by atoms with van der Waals surface area (Å²) in [4.78, 5) is 7.13. The van der Waals surface area contributed by atoms with Gasteiger partial charge in [0, 0.05) is 18.8 Å². The summed E-state index contributed by atoms with van der Waals surface area (Å²) < 4.78 is 1.38. The maximum atomic E-state index is 4.46. The van der Waals surface area contributed by atoms with E-state index in [2.05, 4.69) is 27.4 Å². The minimum absolute atomic E-state index is 0.798. The van der Waals surface area contributed by atoms with E-state index in [1.807, 2.05) is 17.5 Å². The van der Waals surface area contributed by atoms with Crippen molar-refractivity contribution in [1.29, 1.82) is 0 Å². The van der Waals surface area contributed by atoms with Gasteiger partial charge in [-0.05, 0) is 42.7 Å². The second-order valence-electron chi connectivity index (χ2n) is 5.56. The molecule has 2 nitrogen and oxygen atoms in total. The number of nitrogens with zero attached hydrogens (tertiary/aromatic N) is 2. The molecular weight excluding hydrogens is 240 g/mol. The van der Waals surface area contributed by atoms with Gasteiger partial charge in [0.15, 0.2) is 0 Å². The van der Waals surface area contributed by atoms with Gasteiger partial charge in [-0.1, -0.05) is 12.8 Å². The van der Waals surface area contributed by atoms with Crippen molar-refractivity contribution in [3.05, 3.63) is 23.7 Å². The van der Waals surface area contributed by atoms with Gasteiger partial charge in [-0.15, -0.1) is 11.3 Å². The lowest BCUT2D eigenvalue weighted by Gasteiger charge is -2.33. The lowest BCUT2D eigenvalue weighted by atomic mass is 9.85. The molecule has 0 aromatic carbocycles. The molecule has 0 radical (unpaired) electrons. The number of hydrogen-bond acceptors (Lipinski definition) is 3. The molecule has 0 bridgehead atoms. The second kappa shape index (κ2) is 4.23. The van der Waals surface area contributed by atoms with Gasteiger partial charge in [-0.25, -0.2) is 0 Å². The Kier molecular flexibility index (Phi) is 2.54. The molecule has 2 aromatic heterocycles. The number of fused-ring (bicyclic) bond motifs is 2. The van der Waals surface area contributed by atoms with Gasteiger partial charge in [0.05, 0.1) is 15.9 Å². The van der Waals surface area contributed by atoms with Crippen molar-refractivity contribution in [2.45, 2.75) is 38.1 Å². The molecule has 2 aromatic rings. The first-order valence-corrected chi connectivity index (χ1v) is 7.90. The van der Waals surface area contributed by atoms with Crippen molar-refractivity contribution in [3.8, 4) is 0 Å². The van der Waals surface area contributed by atoms with Crippen LogP contribution in [0.4, 0.5) is 5.69 Å². The van der Waals surface area contributed by atoms with Crippen LogP contribution >= 0.6 is 11.3 Å². The first-order valence-electron chi connectivity index (χ1n) is 7.02. The Hall–Kier alpha value is -1.09. The normalized spacial score (nSPS) is 27.7. The highest BCUT2D eigenvalue weighted by molar-refractivity contribution is 7.17. The number of thiophene rings is 1. The molecule has 4 rings (SSSR count). The van der Waals surface area contributed by atoms with Crippen LogP contribution in [-0.2, 0) is 0 Å². The molecule has 1 aliphatic heterocycles. The summed E-state index contributed by atoms with van der Waals surface area (Å²) in [7, 11) is 0. The van der Waals surface area contributed by atoms with Crippen molar-refractivity contribution in [1.82, 2.24) is 4.98 Å². The Labute approximate surface area is 112 Å². The van der Waals surface area contributed by atoms with Crippen molar-refractivity contribution in [3.63, 3.8) is 0 Å². The van der Waals surface area contributed by atoms with Crippen molar-refractivity contribution in [2.24, 2.45) is 5.92 Å². The quantitative estimate of drug-likeness (QED) is 0.766. The molecule has 2 unspecified atom stereocenters. The first kappa shape index (κ1) is 10.8. The third-order valence-corrected chi connectivity index (χ3v) is 5.57. The van der Waals surface area contributed by atoms with E-state index in [0.717, 1.165) is 17.5 Å². The molecule has 18 heavy (non-hydrogen) atoms.